The van der Waals surface area contributed by atoms with Crippen molar-refractivity contribution in [3.63, 3.8) is 0 Å². The third kappa shape index (κ3) is 2.41. The minimum absolute atomic E-state index is 0.708. The van der Waals surface area contributed by atoms with Crippen LogP contribution in [0.4, 0.5) is 5.82 Å². The van der Waals surface area contributed by atoms with Gasteiger partial charge in [0.05, 0.1) is 4.47 Å². The average molecular weight is 343 g/mol. The molecule has 0 aliphatic rings. The van der Waals surface area contributed by atoms with E-state index in [4.69, 9.17) is 0 Å². The molecule has 3 nitrogen and oxygen atoms in total. The maximum atomic E-state index is 4.41. The fourth-order valence-electron chi connectivity index (χ4n) is 1.28. The normalized spacial score (nSPS) is 10.2. The number of halogens is 2. The molecule has 0 saturated carbocycles. The van der Waals surface area contributed by atoms with Gasteiger partial charge in [-0.2, -0.15) is 0 Å². The van der Waals surface area contributed by atoms with Gasteiger partial charge < -0.3 is 5.32 Å². The molecule has 5 heteroatoms. The lowest BCUT2D eigenvalue weighted by molar-refractivity contribution is 1.15. The smallest absolute Gasteiger partial charge is 0.161 e. The van der Waals surface area contributed by atoms with Crippen molar-refractivity contribution in [2.24, 2.45) is 0 Å². The molecule has 1 N–H and O–H groups in total. The van der Waals surface area contributed by atoms with Crippen molar-refractivity contribution in [1.82, 2.24) is 9.97 Å². The van der Waals surface area contributed by atoms with Gasteiger partial charge in [-0.3, -0.25) is 0 Å². The van der Waals surface area contributed by atoms with Gasteiger partial charge in [0.1, 0.15) is 5.82 Å². The second kappa shape index (κ2) is 4.93. The number of anilines is 1. The van der Waals surface area contributed by atoms with Gasteiger partial charge in [-0.05, 0) is 28.1 Å². The first kappa shape index (κ1) is 11.5. The Hall–Kier alpha value is -0.940. The maximum absolute atomic E-state index is 4.41. The second-order valence-electron chi connectivity index (χ2n) is 3.15. The first-order valence-electron chi connectivity index (χ1n) is 4.67. The SMILES string of the molecule is CNc1nc(-c2ccc(Br)cc2)ncc1Br. The summed E-state index contributed by atoms with van der Waals surface area (Å²) in [5.74, 6) is 1.49. The van der Waals surface area contributed by atoms with Gasteiger partial charge in [0.2, 0.25) is 0 Å². The molecule has 0 atom stereocenters. The van der Waals surface area contributed by atoms with Crippen LogP contribution < -0.4 is 5.32 Å². The number of hydrogen-bond acceptors (Lipinski definition) is 3. The molecule has 0 aliphatic carbocycles. The third-order valence-corrected chi connectivity index (χ3v) is 3.19. The summed E-state index contributed by atoms with van der Waals surface area (Å²) in [6.45, 7) is 0. The quantitative estimate of drug-likeness (QED) is 0.904. The molecule has 1 aromatic heterocycles. The molecule has 0 fully saturated rings. The molecule has 2 aromatic rings. The number of nitrogens with one attached hydrogen (secondary N) is 1. The van der Waals surface area contributed by atoms with Gasteiger partial charge in [0.15, 0.2) is 5.82 Å². The molecule has 0 unspecified atom stereocenters. The monoisotopic (exact) mass is 341 g/mol. The Morgan fingerprint density at radius 3 is 2.44 bits per heavy atom. The number of nitrogens with zero attached hydrogens (tertiary/aromatic N) is 2. The average Bonchev–Trinajstić information content (AvgIpc) is 2.31. The highest BCUT2D eigenvalue weighted by Gasteiger charge is 2.05. The molecule has 0 amide bonds. The molecular formula is C11H9Br2N3. The summed E-state index contributed by atoms with van der Waals surface area (Å²) >= 11 is 6.78. The van der Waals surface area contributed by atoms with E-state index in [0.717, 1.165) is 20.3 Å². The lowest BCUT2D eigenvalue weighted by Crippen LogP contribution is -1.97. The standard InChI is InChI=1S/C11H9Br2N3/c1-14-11-9(13)6-15-10(16-11)7-2-4-8(12)5-3-7/h2-6H,1H3,(H,14,15,16). The maximum Gasteiger partial charge on any atom is 0.161 e. The lowest BCUT2D eigenvalue weighted by atomic mass is 10.2. The fraction of sp³-hybridized carbons (Fsp3) is 0.0909. The lowest BCUT2D eigenvalue weighted by Gasteiger charge is -2.05. The van der Waals surface area contributed by atoms with Crippen molar-refractivity contribution in [2.45, 2.75) is 0 Å². The number of hydrogen-bond donors (Lipinski definition) is 1. The van der Waals surface area contributed by atoms with Crippen LogP contribution in [-0.2, 0) is 0 Å². The van der Waals surface area contributed by atoms with E-state index in [1.54, 1.807) is 6.20 Å². The zero-order valence-corrected chi connectivity index (χ0v) is 11.7. The molecule has 1 aromatic carbocycles. The van der Waals surface area contributed by atoms with Gasteiger partial charge in [0, 0.05) is 23.3 Å². The van der Waals surface area contributed by atoms with Crippen LogP contribution in [0.25, 0.3) is 11.4 Å². The summed E-state index contributed by atoms with van der Waals surface area (Å²) in [6, 6.07) is 7.90. The van der Waals surface area contributed by atoms with E-state index < -0.39 is 0 Å². The summed E-state index contributed by atoms with van der Waals surface area (Å²) in [5.41, 5.74) is 0.993. The fourth-order valence-corrected chi connectivity index (χ4v) is 1.93. The number of benzene rings is 1. The molecule has 0 bridgehead atoms. The highest BCUT2D eigenvalue weighted by atomic mass is 79.9. The van der Waals surface area contributed by atoms with E-state index in [0.29, 0.717) is 5.82 Å². The van der Waals surface area contributed by atoms with Crippen molar-refractivity contribution < 1.29 is 0 Å². The van der Waals surface area contributed by atoms with Crippen molar-refractivity contribution in [1.29, 1.82) is 0 Å². The van der Waals surface area contributed by atoms with Crippen molar-refractivity contribution >= 4 is 37.7 Å². The van der Waals surface area contributed by atoms with Crippen LogP contribution >= 0.6 is 31.9 Å². The topological polar surface area (TPSA) is 37.8 Å². The van der Waals surface area contributed by atoms with Crippen LogP contribution in [0.1, 0.15) is 0 Å². The van der Waals surface area contributed by atoms with Gasteiger partial charge >= 0.3 is 0 Å². The Labute approximate surface area is 111 Å². The summed E-state index contributed by atoms with van der Waals surface area (Å²) in [5, 5.41) is 3.01. The molecule has 0 aliphatic heterocycles. The minimum atomic E-state index is 0.708. The molecular weight excluding hydrogens is 334 g/mol. The molecule has 0 radical (unpaired) electrons. The molecule has 0 saturated heterocycles. The van der Waals surface area contributed by atoms with E-state index in [2.05, 4.69) is 47.1 Å². The number of aromatic nitrogens is 2. The molecule has 0 spiro atoms. The van der Waals surface area contributed by atoms with Gasteiger partial charge in [0.25, 0.3) is 0 Å². The second-order valence-corrected chi connectivity index (χ2v) is 4.92. The van der Waals surface area contributed by atoms with Crippen LogP contribution in [0.15, 0.2) is 39.4 Å². The van der Waals surface area contributed by atoms with Crippen LogP contribution in [0.3, 0.4) is 0 Å². The first-order valence-corrected chi connectivity index (χ1v) is 6.25. The van der Waals surface area contributed by atoms with Crippen LogP contribution in [0, 0.1) is 0 Å². The Kier molecular flexibility index (Phi) is 3.56. The highest BCUT2D eigenvalue weighted by Crippen LogP contribution is 2.23. The summed E-state index contributed by atoms with van der Waals surface area (Å²) in [7, 11) is 1.83. The van der Waals surface area contributed by atoms with E-state index in [-0.39, 0.29) is 0 Å². The summed E-state index contributed by atoms with van der Waals surface area (Å²) in [4.78, 5) is 8.68. The molecule has 16 heavy (non-hydrogen) atoms. The predicted molar refractivity (Wildman–Crippen MR) is 72.4 cm³/mol. The van der Waals surface area contributed by atoms with Gasteiger partial charge in [-0.15, -0.1) is 0 Å². The van der Waals surface area contributed by atoms with E-state index in [1.165, 1.54) is 0 Å². The minimum Gasteiger partial charge on any atom is -0.372 e. The predicted octanol–water partition coefficient (Wildman–Crippen LogP) is 3.71. The van der Waals surface area contributed by atoms with Crippen LogP contribution in [0.2, 0.25) is 0 Å². The zero-order chi connectivity index (χ0) is 11.5. The van der Waals surface area contributed by atoms with Crippen molar-refractivity contribution in [3.8, 4) is 11.4 Å². The zero-order valence-electron chi connectivity index (χ0n) is 8.54. The summed E-state index contributed by atoms with van der Waals surface area (Å²) in [6.07, 6.45) is 1.75. The van der Waals surface area contributed by atoms with E-state index in [9.17, 15) is 0 Å². The van der Waals surface area contributed by atoms with Gasteiger partial charge in [-0.25, -0.2) is 9.97 Å². The third-order valence-electron chi connectivity index (χ3n) is 2.08. The van der Waals surface area contributed by atoms with Gasteiger partial charge in [-0.1, -0.05) is 28.1 Å². The summed E-state index contributed by atoms with van der Waals surface area (Å²) < 4.78 is 1.90. The largest absolute Gasteiger partial charge is 0.372 e. The van der Waals surface area contributed by atoms with E-state index >= 15 is 0 Å². The van der Waals surface area contributed by atoms with Crippen molar-refractivity contribution in [3.05, 3.63) is 39.4 Å². The Bertz CT molecular complexity index is 497. The van der Waals surface area contributed by atoms with Crippen molar-refractivity contribution in [2.75, 3.05) is 12.4 Å². The Balaban J connectivity index is 2.44. The first-order chi connectivity index (χ1) is 7.70. The molecule has 2 rings (SSSR count). The molecule has 1 heterocycles. The Morgan fingerprint density at radius 1 is 1.12 bits per heavy atom. The van der Waals surface area contributed by atoms with Crippen LogP contribution in [-0.4, -0.2) is 17.0 Å². The molecule has 82 valence electrons. The van der Waals surface area contributed by atoms with E-state index in [1.807, 2.05) is 31.3 Å². The Morgan fingerprint density at radius 2 is 1.81 bits per heavy atom. The van der Waals surface area contributed by atoms with Crippen LogP contribution in [0.5, 0.6) is 0 Å². The number of rotatable bonds is 2. The highest BCUT2D eigenvalue weighted by molar-refractivity contribution is 9.10.